The number of fused-ring (bicyclic) bond motifs is 2. The number of halogens is 4. The average Bonchev–Trinajstić information content (AvgIpc) is 2.69. The minimum absolute atomic E-state index is 0. The Morgan fingerprint density at radius 1 is 0.967 bits per heavy atom. The molecule has 0 spiro atoms. The summed E-state index contributed by atoms with van der Waals surface area (Å²) in [5, 5.41) is 22.7. The average molecular weight is 674 g/mol. The van der Waals surface area contributed by atoms with Gasteiger partial charge in [-0.3, -0.25) is 4.79 Å². The molecule has 2 aromatic carbocycles. The third-order valence-electron chi connectivity index (χ3n) is 4.43. The van der Waals surface area contributed by atoms with Crippen molar-refractivity contribution < 1.29 is 19.4 Å². The van der Waals surface area contributed by atoms with Crippen LogP contribution in [0.1, 0.15) is 10.4 Å². The van der Waals surface area contributed by atoms with Gasteiger partial charge in [0.1, 0.15) is 10.1 Å². The van der Waals surface area contributed by atoms with Gasteiger partial charge >= 0.3 is 23.3 Å². The van der Waals surface area contributed by atoms with Crippen LogP contribution in [0.3, 0.4) is 0 Å². The Morgan fingerprint density at radius 3 is 2.30 bits per heavy atom. The smallest absolute Gasteiger partial charge is 0.871 e. The summed E-state index contributed by atoms with van der Waals surface area (Å²) < 4.78 is 6.87. The molecule has 2 aliphatic rings. The zero-order valence-corrected chi connectivity index (χ0v) is 22.1. The normalized spacial score (nSPS) is 10.9. The summed E-state index contributed by atoms with van der Waals surface area (Å²) in [6.45, 7) is 0. The van der Waals surface area contributed by atoms with E-state index in [1.165, 1.54) is 6.07 Å². The van der Waals surface area contributed by atoms with Crippen LogP contribution in [0, 0.1) is 0 Å². The fourth-order valence-electron chi connectivity index (χ4n) is 3.16. The molecular weight excluding hydrogens is 667 g/mol. The van der Waals surface area contributed by atoms with Gasteiger partial charge in [-0.1, -0.05) is 39.9 Å². The summed E-state index contributed by atoms with van der Waals surface area (Å²) in [7, 11) is 0. The van der Waals surface area contributed by atoms with Crippen molar-refractivity contribution in [3.63, 3.8) is 0 Å². The molecule has 1 heterocycles. The maximum atomic E-state index is 12.4. The molecule has 0 radical (unpaired) electrons. The van der Waals surface area contributed by atoms with Crippen LogP contribution in [0.15, 0.2) is 63.5 Å². The van der Waals surface area contributed by atoms with E-state index < -0.39 is 5.97 Å². The van der Waals surface area contributed by atoms with Gasteiger partial charge in [0.15, 0.2) is 5.76 Å². The number of rotatable bonds is 2. The maximum absolute atomic E-state index is 12.4. The third-order valence-corrected chi connectivity index (χ3v) is 7.05. The molecule has 0 atom stereocenters. The number of aromatic carboxylic acids is 1. The van der Waals surface area contributed by atoms with Gasteiger partial charge in [0, 0.05) is 21.0 Å². The Hall–Kier alpha value is -1.15. The molecule has 0 aromatic heterocycles. The summed E-state index contributed by atoms with van der Waals surface area (Å²) >= 11 is 13.1. The third kappa shape index (κ3) is 3.68. The number of carboxylic acid groups (broad SMARTS) is 1. The molecule has 0 bridgehead atoms. The molecule has 146 valence electrons. The molecule has 1 N–H and O–H groups in total. The summed E-state index contributed by atoms with van der Waals surface area (Å²) in [6, 6.07) is 9.71. The first-order valence-corrected chi connectivity index (χ1v) is 11.2. The van der Waals surface area contributed by atoms with Crippen LogP contribution in [0.5, 0.6) is 5.75 Å². The second kappa shape index (κ2) is 8.77. The van der Waals surface area contributed by atoms with Gasteiger partial charge < -0.3 is 14.6 Å². The van der Waals surface area contributed by atoms with Gasteiger partial charge in [0.25, 0.3) is 0 Å². The molecule has 30 heavy (non-hydrogen) atoms. The molecule has 10 heteroatoms. The van der Waals surface area contributed by atoms with Crippen LogP contribution < -0.4 is 10.5 Å². The number of hydrogen-bond acceptors (Lipinski definition) is 4. The fraction of sp³-hybridized carbons (Fsp3) is 0. The molecule has 1 aliphatic heterocycles. The second-order valence-corrected chi connectivity index (χ2v) is 9.38. The van der Waals surface area contributed by atoms with Gasteiger partial charge in [-0.05, 0) is 71.6 Å². The van der Waals surface area contributed by atoms with Crippen molar-refractivity contribution in [2.24, 2.45) is 0 Å². The van der Waals surface area contributed by atoms with E-state index in [0.29, 0.717) is 31.0 Å². The summed E-state index contributed by atoms with van der Waals surface area (Å²) in [5.41, 5.74) is 1.44. The van der Waals surface area contributed by atoms with Gasteiger partial charge in [0.05, 0.1) is 14.5 Å². The van der Waals surface area contributed by atoms with Crippen molar-refractivity contribution in [3.8, 4) is 28.2 Å². The Labute approximate surface area is 214 Å². The fourth-order valence-corrected chi connectivity index (χ4v) is 5.57. The summed E-state index contributed by atoms with van der Waals surface area (Å²) in [6.07, 6.45) is 0. The largest absolute Gasteiger partial charge is 3.00 e. The van der Waals surface area contributed by atoms with Crippen LogP contribution in [-0.4, -0.2) is 28.4 Å². The zero-order valence-electron chi connectivity index (χ0n) is 14.6. The van der Waals surface area contributed by atoms with Crippen molar-refractivity contribution in [1.82, 2.24) is 0 Å². The van der Waals surface area contributed by atoms with Gasteiger partial charge in [-0.25, -0.2) is 4.79 Å². The first-order valence-electron chi connectivity index (χ1n) is 7.98. The first-order chi connectivity index (χ1) is 13.7. The van der Waals surface area contributed by atoms with E-state index in [0.717, 1.165) is 0 Å². The number of carbonyl (C=O) groups is 1. The minimum atomic E-state index is -1.10. The first kappa shape index (κ1) is 23.5. The Morgan fingerprint density at radius 2 is 1.63 bits per heavy atom. The zero-order chi connectivity index (χ0) is 21.0. The van der Waals surface area contributed by atoms with E-state index in [2.05, 4.69) is 63.7 Å². The second-order valence-electron chi connectivity index (χ2n) is 6.08. The molecule has 2 aromatic rings. The molecule has 1 aliphatic carbocycles. The minimum Gasteiger partial charge on any atom is -0.871 e. The topological polar surface area (TPSA) is 90.6 Å². The van der Waals surface area contributed by atoms with Gasteiger partial charge in [-0.15, -0.1) is 0 Å². The van der Waals surface area contributed by atoms with Crippen molar-refractivity contribution in [3.05, 3.63) is 70.1 Å². The van der Waals surface area contributed by atoms with E-state index in [1.807, 2.05) is 0 Å². The number of hydrogen-bond donors (Lipinski definition) is 1. The van der Waals surface area contributed by atoms with Crippen LogP contribution in [-0.2, 0) is 0 Å². The van der Waals surface area contributed by atoms with Crippen molar-refractivity contribution in [2.75, 3.05) is 0 Å². The van der Waals surface area contributed by atoms with E-state index in [1.54, 1.807) is 30.3 Å². The van der Waals surface area contributed by atoms with Gasteiger partial charge in [-0.2, -0.15) is 0 Å². The Bertz CT molecular complexity index is 1370. The van der Waals surface area contributed by atoms with Crippen LogP contribution in [0.25, 0.3) is 33.4 Å². The van der Waals surface area contributed by atoms with E-state index in [4.69, 9.17) is 4.42 Å². The van der Waals surface area contributed by atoms with Gasteiger partial charge in [0.2, 0.25) is 5.43 Å². The standard InChI is InChI=1S/C20H8Br4O5.Al/c21-11-5-9-13(7-3-1-2-4-8(7)20(27)28)10-6-12(22)17(26)15(24)19(10)29-18(9)14(23)16(11)25;/h1-6,25H,(H,27,28);/q;+3/p-1. The van der Waals surface area contributed by atoms with Crippen molar-refractivity contribution >= 4 is 98.0 Å². The maximum Gasteiger partial charge on any atom is 3.00 e. The van der Waals surface area contributed by atoms with Crippen molar-refractivity contribution in [1.29, 1.82) is 0 Å². The molecule has 0 saturated carbocycles. The van der Waals surface area contributed by atoms with Crippen LogP contribution in [0.2, 0.25) is 0 Å². The molecule has 5 nitrogen and oxygen atoms in total. The Balaban J connectivity index is 0.00000256. The SMILES string of the molecule is O=C(O)c1ccccc1-c1c2cc(Br)c(=O)c(Br)c-2oc2c(Br)c([O-])c(Br)cc12.[Al+3]. The summed E-state index contributed by atoms with van der Waals surface area (Å²) in [4.78, 5) is 24.3. The van der Waals surface area contributed by atoms with E-state index in [9.17, 15) is 19.8 Å². The van der Waals surface area contributed by atoms with Crippen LogP contribution >= 0.6 is 63.7 Å². The molecule has 0 amide bonds. The molecular formula is C20H7AlBr4O5+2. The molecule has 0 saturated heterocycles. The quantitative estimate of drug-likeness (QED) is 0.208. The predicted octanol–water partition coefficient (Wildman–Crippen LogP) is 6.01. The molecule has 4 rings (SSSR count). The number of carboxylic acids is 1. The Kier molecular flexibility index (Phi) is 6.87. The molecule has 0 fully saturated rings. The molecule has 0 unspecified atom stereocenters. The predicted molar refractivity (Wildman–Crippen MR) is 128 cm³/mol. The van der Waals surface area contributed by atoms with Crippen LogP contribution in [0.4, 0.5) is 0 Å². The monoisotopic (exact) mass is 670 g/mol. The van der Waals surface area contributed by atoms with E-state index in [-0.39, 0.29) is 54.4 Å². The van der Waals surface area contributed by atoms with Crippen molar-refractivity contribution in [2.45, 2.75) is 0 Å². The van der Waals surface area contributed by atoms with E-state index >= 15 is 0 Å². The number of benzene rings is 3. The summed E-state index contributed by atoms with van der Waals surface area (Å²) in [5.74, 6) is -1.21.